The van der Waals surface area contributed by atoms with Gasteiger partial charge in [-0.1, -0.05) is 19.3 Å². The normalized spacial score (nSPS) is 17.5. The Kier molecular flexibility index (Phi) is 5.17. The summed E-state index contributed by atoms with van der Waals surface area (Å²) in [6.07, 6.45) is 6.18. The SMILES string of the molecule is Cc1n[nH]c(C)c1S(=O)(=O)NCCOC1CCCCC1. The molecule has 0 saturated heterocycles. The molecule has 0 radical (unpaired) electrons. The fourth-order valence-electron chi connectivity index (χ4n) is 2.64. The number of nitrogens with zero attached hydrogens (tertiary/aromatic N) is 1. The molecule has 1 aromatic heterocycles. The highest BCUT2D eigenvalue weighted by molar-refractivity contribution is 7.89. The summed E-state index contributed by atoms with van der Waals surface area (Å²) in [4.78, 5) is 0.246. The lowest BCUT2D eigenvalue weighted by molar-refractivity contribution is 0.0321. The van der Waals surface area contributed by atoms with Crippen LogP contribution >= 0.6 is 0 Å². The summed E-state index contributed by atoms with van der Waals surface area (Å²) in [5.41, 5.74) is 1.05. The van der Waals surface area contributed by atoms with E-state index in [1.54, 1.807) is 13.8 Å². The summed E-state index contributed by atoms with van der Waals surface area (Å²) in [5, 5.41) is 6.59. The number of aryl methyl sites for hydroxylation is 2. The Morgan fingerprint density at radius 3 is 2.60 bits per heavy atom. The number of aromatic amines is 1. The van der Waals surface area contributed by atoms with Crippen molar-refractivity contribution >= 4 is 10.0 Å². The van der Waals surface area contributed by atoms with E-state index < -0.39 is 10.0 Å². The van der Waals surface area contributed by atoms with Gasteiger partial charge in [0.2, 0.25) is 10.0 Å². The lowest BCUT2D eigenvalue weighted by Gasteiger charge is -2.22. The van der Waals surface area contributed by atoms with E-state index >= 15 is 0 Å². The zero-order chi connectivity index (χ0) is 14.6. The van der Waals surface area contributed by atoms with Crippen molar-refractivity contribution in [1.82, 2.24) is 14.9 Å². The van der Waals surface area contributed by atoms with E-state index in [9.17, 15) is 8.42 Å². The molecule has 0 unspecified atom stereocenters. The highest BCUT2D eigenvalue weighted by atomic mass is 32.2. The van der Waals surface area contributed by atoms with Gasteiger partial charge in [-0.25, -0.2) is 13.1 Å². The minimum atomic E-state index is -3.51. The van der Waals surface area contributed by atoms with Crippen LogP contribution in [-0.2, 0) is 14.8 Å². The molecule has 2 N–H and O–H groups in total. The molecule has 1 aromatic rings. The number of H-pyrrole nitrogens is 1. The molecule has 1 aliphatic rings. The van der Waals surface area contributed by atoms with Gasteiger partial charge >= 0.3 is 0 Å². The molecule has 0 atom stereocenters. The zero-order valence-corrected chi connectivity index (χ0v) is 12.9. The molecule has 1 fully saturated rings. The van der Waals surface area contributed by atoms with Gasteiger partial charge in [0, 0.05) is 6.54 Å². The van der Waals surface area contributed by atoms with E-state index in [1.807, 2.05) is 0 Å². The fourth-order valence-corrected chi connectivity index (χ4v) is 4.02. The quantitative estimate of drug-likeness (QED) is 0.783. The van der Waals surface area contributed by atoms with Crippen LogP contribution in [0, 0.1) is 13.8 Å². The summed E-state index contributed by atoms with van der Waals surface area (Å²) in [5.74, 6) is 0. The van der Waals surface area contributed by atoms with Gasteiger partial charge in [0.05, 0.1) is 24.1 Å². The average molecular weight is 301 g/mol. The topological polar surface area (TPSA) is 84.1 Å². The van der Waals surface area contributed by atoms with Crippen LogP contribution in [0.4, 0.5) is 0 Å². The lowest BCUT2D eigenvalue weighted by Crippen LogP contribution is -2.30. The lowest BCUT2D eigenvalue weighted by atomic mass is 9.98. The summed E-state index contributed by atoms with van der Waals surface area (Å²) in [6.45, 7) is 4.09. The first-order chi connectivity index (χ1) is 9.50. The van der Waals surface area contributed by atoms with Crippen molar-refractivity contribution in [2.24, 2.45) is 0 Å². The van der Waals surface area contributed by atoms with Gasteiger partial charge in [0.1, 0.15) is 4.90 Å². The van der Waals surface area contributed by atoms with Crippen molar-refractivity contribution in [2.75, 3.05) is 13.2 Å². The molecule has 7 heteroatoms. The highest BCUT2D eigenvalue weighted by Crippen LogP contribution is 2.20. The van der Waals surface area contributed by atoms with Gasteiger partial charge in [0.25, 0.3) is 0 Å². The minimum Gasteiger partial charge on any atom is -0.377 e. The third-order valence-corrected chi connectivity index (χ3v) is 5.35. The molecule has 0 aliphatic heterocycles. The number of hydrogen-bond donors (Lipinski definition) is 2. The molecule has 0 aromatic carbocycles. The van der Waals surface area contributed by atoms with Crippen LogP contribution in [0.5, 0.6) is 0 Å². The number of nitrogens with one attached hydrogen (secondary N) is 2. The molecule has 0 bridgehead atoms. The molecule has 1 saturated carbocycles. The van der Waals surface area contributed by atoms with Gasteiger partial charge in [-0.05, 0) is 26.7 Å². The van der Waals surface area contributed by atoms with Crippen LogP contribution in [0.3, 0.4) is 0 Å². The van der Waals surface area contributed by atoms with E-state index in [-0.39, 0.29) is 4.90 Å². The standard InChI is InChI=1S/C13H23N3O3S/c1-10-13(11(2)16-15-10)20(17,18)14-8-9-19-12-6-4-3-5-7-12/h12,14H,3-9H2,1-2H3,(H,15,16). The second-order valence-corrected chi connectivity index (χ2v) is 7.00. The first-order valence-electron chi connectivity index (χ1n) is 7.13. The van der Waals surface area contributed by atoms with Crippen LogP contribution < -0.4 is 4.72 Å². The van der Waals surface area contributed by atoms with Crippen molar-refractivity contribution in [2.45, 2.75) is 57.0 Å². The average Bonchev–Trinajstić information content (AvgIpc) is 2.76. The Labute approximate surface area is 120 Å². The number of ether oxygens (including phenoxy) is 1. The van der Waals surface area contributed by atoms with Crippen LogP contribution in [0.25, 0.3) is 0 Å². The second kappa shape index (κ2) is 6.69. The smallest absolute Gasteiger partial charge is 0.244 e. The molecule has 1 heterocycles. The molecule has 2 rings (SSSR count). The number of rotatable bonds is 6. The van der Waals surface area contributed by atoms with Gasteiger partial charge in [-0.15, -0.1) is 0 Å². The van der Waals surface area contributed by atoms with Gasteiger partial charge in [-0.3, -0.25) is 5.10 Å². The van der Waals surface area contributed by atoms with Crippen molar-refractivity contribution < 1.29 is 13.2 Å². The predicted octanol–water partition coefficient (Wildman–Crippen LogP) is 1.65. The van der Waals surface area contributed by atoms with E-state index in [0.29, 0.717) is 30.6 Å². The molecule has 0 amide bonds. The third-order valence-electron chi connectivity index (χ3n) is 3.63. The summed E-state index contributed by atoms with van der Waals surface area (Å²) in [6, 6.07) is 0. The van der Waals surface area contributed by atoms with Crippen LogP contribution in [-0.4, -0.2) is 37.9 Å². The van der Waals surface area contributed by atoms with E-state index in [4.69, 9.17) is 4.74 Å². The van der Waals surface area contributed by atoms with E-state index in [0.717, 1.165) is 12.8 Å². The predicted molar refractivity (Wildman–Crippen MR) is 76.1 cm³/mol. The summed E-state index contributed by atoms with van der Waals surface area (Å²) >= 11 is 0. The Bertz CT molecular complexity index is 514. The monoisotopic (exact) mass is 301 g/mol. The summed E-state index contributed by atoms with van der Waals surface area (Å²) in [7, 11) is -3.51. The van der Waals surface area contributed by atoms with Crippen molar-refractivity contribution in [1.29, 1.82) is 0 Å². The first-order valence-corrected chi connectivity index (χ1v) is 8.62. The number of sulfonamides is 1. The number of hydrogen-bond acceptors (Lipinski definition) is 4. The zero-order valence-electron chi connectivity index (χ0n) is 12.1. The van der Waals surface area contributed by atoms with E-state index in [1.165, 1.54) is 19.3 Å². The maximum Gasteiger partial charge on any atom is 0.244 e. The Morgan fingerprint density at radius 2 is 2.00 bits per heavy atom. The maximum atomic E-state index is 12.2. The largest absolute Gasteiger partial charge is 0.377 e. The minimum absolute atomic E-state index is 0.246. The van der Waals surface area contributed by atoms with Gasteiger partial charge in [-0.2, -0.15) is 5.10 Å². The molecular weight excluding hydrogens is 278 g/mol. The number of aromatic nitrogens is 2. The van der Waals surface area contributed by atoms with Crippen LogP contribution in [0.1, 0.15) is 43.5 Å². The van der Waals surface area contributed by atoms with Crippen molar-refractivity contribution in [3.63, 3.8) is 0 Å². The van der Waals surface area contributed by atoms with Crippen molar-refractivity contribution in [3.8, 4) is 0 Å². The summed E-state index contributed by atoms with van der Waals surface area (Å²) < 4.78 is 32.6. The Morgan fingerprint density at radius 1 is 1.30 bits per heavy atom. The molecule has 1 aliphatic carbocycles. The molecule has 114 valence electrons. The first kappa shape index (κ1) is 15.5. The molecular formula is C13H23N3O3S. The van der Waals surface area contributed by atoms with Crippen molar-refractivity contribution in [3.05, 3.63) is 11.4 Å². The second-order valence-electron chi connectivity index (χ2n) is 5.29. The van der Waals surface area contributed by atoms with Crippen LogP contribution in [0.2, 0.25) is 0 Å². The van der Waals surface area contributed by atoms with Gasteiger partial charge in [0.15, 0.2) is 0 Å². The molecule has 0 spiro atoms. The molecule has 20 heavy (non-hydrogen) atoms. The van der Waals surface area contributed by atoms with E-state index in [2.05, 4.69) is 14.9 Å². The van der Waals surface area contributed by atoms with Crippen LogP contribution in [0.15, 0.2) is 4.90 Å². The Hall–Kier alpha value is -0.920. The maximum absolute atomic E-state index is 12.2. The third kappa shape index (κ3) is 3.80. The fraction of sp³-hybridized carbons (Fsp3) is 0.769. The Balaban J connectivity index is 1.81. The highest BCUT2D eigenvalue weighted by Gasteiger charge is 2.22. The molecule has 6 nitrogen and oxygen atoms in total. The van der Waals surface area contributed by atoms with Gasteiger partial charge < -0.3 is 4.74 Å².